The third kappa shape index (κ3) is 6.05. The van der Waals surface area contributed by atoms with Gasteiger partial charge in [0.2, 0.25) is 0 Å². The van der Waals surface area contributed by atoms with E-state index in [9.17, 15) is 106 Å². The molecule has 0 rings (SSSR count). The van der Waals surface area contributed by atoms with Gasteiger partial charge in [0.15, 0.2) is 0 Å². The summed E-state index contributed by atoms with van der Waals surface area (Å²) in [5, 5.41) is 8.77. The van der Waals surface area contributed by atoms with E-state index in [2.05, 4.69) is 16.1 Å². The highest BCUT2D eigenvalue weighted by Crippen LogP contribution is 2.67. The Bertz CT molecular complexity index is 1070. The van der Waals surface area contributed by atoms with Crippen molar-refractivity contribution in [1.82, 2.24) is 0 Å². The molecule has 0 radical (unpaired) electrons. The molecule has 0 saturated carbocycles. The smallest absolute Gasteiger partial charge is 0.438 e. The second-order valence-electron chi connectivity index (χ2n) is 8.49. The third-order valence-corrected chi connectivity index (χ3v) is 5.22. The molecular weight excluding hydrogens is 717 g/mol. The molecule has 0 spiro atoms. The fraction of sp³-hybridized carbons (Fsp3) is 0.833. The molecule has 0 saturated heterocycles. The van der Waals surface area contributed by atoms with Crippen LogP contribution in [0.5, 0.6) is 0 Å². The summed E-state index contributed by atoms with van der Waals surface area (Å²) in [7, 11) is 0. The Labute approximate surface area is 231 Å². The average Bonchev–Trinajstić information content (AvgIpc) is 2.83. The summed E-state index contributed by atoms with van der Waals surface area (Å²) < 4.78 is 315. The van der Waals surface area contributed by atoms with Crippen LogP contribution in [-0.4, -0.2) is 96.0 Å². The van der Waals surface area contributed by atoms with Crippen molar-refractivity contribution in [3.8, 4) is 0 Å². The Balaban J connectivity index is 7.03. The lowest BCUT2D eigenvalue weighted by molar-refractivity contribution is -0.489. The molecule has 0 aromatic carbocycles. The molecule has 0 aliphatic rings. The highest BCUT2D eigenvalue weighted by molar-refractivity contribution is 5.87. The van der Waals surface area contributed by atoms with E-state index in [1.165, 1.54) is 0 Å². The number of hydrogen-bond acceptors (Lipinski definition) is 4. The SMILES string of the molecule is C=C(C)C(=O)OC(CO)COC(F)(F)C(F)(F)C(F)(F)C(F)(F)C(F)(F)C(F)(F)C(F)(F)C(F)(F)C(F)(C(F)(F)F)C(F)(F)F. The average molecular weight is 728 g/mol. The summed E-state index contributed by atoms with van der Waals surface area (Å²) in [6.07, 6.45) is -27.3. The van der Waals surface area contributed by atoms with E-state index >= 15 is 0 Å². The quantitative estimate of drug-likeness (QED) is 0.116. The summed E-state index contributed by atoms with van der Waals surface area (Å²) in [6.45, 7) is -0.655. The monoisotopic (exact) mass is 728 g/mol. The first-order chi connectivity index (χ1) is 19.3. The van der Waals surface area contributed by atoms with Gasteiger partial charge in [-0.15, -0.1) is 0 Å². The number of esters is 1. The number of rotatable bonds is 14. The Hall–Kier alpha value is -2.48. The van der Waals surface area contributed by atoms with Crippen LogP contribution in [0.2, 0.25) is 0 Å². The molecule has 0 heterocycles. The molecule has 1 unspecified atom stereocenters. The third-order valence-electron chi connectivity index (χ3n) is 5.22. The summed E-state index contributed by atoms with van der Waals surface area (Å²) >= 11 is 0. The molecule has 268 valence electrons. The molecule has 45 heavy (non-hydrogen) atoms. The maximum Gasteiger partial charge on any atom is 0.438 e. The van der Waals surface area contributed by atoms with Crippen molar-refractivity contribution in [1.29, 1.82) is 0 Å². The molecule has 0 aliphatic heterocycles. The van der Waals surface area contributed by atoms with Gasteiger partial charge in [-0.1, -0.05) is 6.58 Å². The van der Waals surface area contributed by atoms with Crippen molar-refractivity contribution < 1.29 is 120 Å². The fourth-order valence-electron chi connectivity index (χ4n) is 2.57. The molecule has 27 heteroatoms. The molecule has 0 aromatic rings. The van der Waals surface area contributed by atoms with Crippen molar-refractivity contribution in [3.05, 3.63) is 12.2 Å². The summed E-state index contributed by atoms with van der Waals surface area (Å²) in [5.74, 6) is -66.5. The number of halogens is 23. The van der Waals surface area contributed by atoms with Crippen LogP contribution in [0.15, 0.2) is 12.2 Å². The Kier molecular flexibility index (Phi) is 11.0. The predicted molar refractivity (Wildman–Crippen MR) is 93.3 cm³/mol. The van der Waals surface area contributed by atoms with Gasteiger partial charge in [0.25, 0.3) is 0 Å². The minimum absolute atomic E-state index is 0.669. The van der Waals surface area contributed by atoms with Gasteiger partial charge in [0.1, 0.15) is 6.10 Å². The first-order valence-corrected chi connectivity index (χ1v) is 10.2. The van der Waals surface area contributed by atoms with Crippen LogP contribution in [0.1, 0.15) is 6.92 Å². The summed E-state index contributed by atoms with van der Waals surface area (Å²) in [6, 6.07) is 0. The zero-order valence-electron chi connectivity index (χ0n) is 20.6. The van der Waals surface area contributed by atoms with Crippen molar-refractivity contribution in [3.63, 3.8) is 0 Å². The second kappa shape index (κ2) is 11.6. The Morgan fingerprint density at radius 3 is 1.13 bits per heavy atom. The number of alkyl halides is 23. The Morgan fingerprint density at radius 1 is 0.578 bits per heavy atom. The van der Waals surface area contributed by atoms with Gasteiger partial charge in [0.05, 0.1) is 13.2 Å². The van der Waals surface area contributed by atoms with E-state index in [4.69, 9.17) is 5.11 Å². The largest absolute Gasteiger partial charge is 0.454 e. The van der Waals surface area contributed by atoms with Crippen LogP contribution >= 0.6 is 0 Å². The number of ether oxygens (including phenoxy) is 2. The lowest BCUT2D eigenvalue weighted by Crippen LogP contribution is -2.79. The number of carbonyl (C=O) groups is 1. The fourth-order valence-corrected chi connectivity index (χ4v) is 2.57. The topological polar surface area (TPSA) is 55.8 Å². The van der Waals surface area contributed by atoms with Crippen LogP contribution in [0.4, 0.5) is 101 Å². The van der Waals surface area contributed by atoms with Gasteiger partial charge in [-0.25, -0.2) is 9.18 Å². The van der Waals surface area contributed by atoms with Crippen LogP contribution in [0.25, 0.3) is 0 Å². The van der Waals surface area contributed by atoms with Crippen LogP contribution in [0, 0.1) is 0 Å². The molecule has 0 aromatic heterocycles. The molecule has 0 bridgehead atoms. The van der Waals surface area contributed by atoms with E-state index in [0.29, 0.717) is 0 Å². The molecule has 0 aliphatic carbocycles. The van der Waals surface area contributed by atoms with Crippen LogP contribution in [0.3, 0.4) is 0 Å². The van der Waals surface area contributed by atoms with E-state index in [1.54, 1.807) is 0 Å². The van der Waals surface area contributed by atoms with Gasteiger partial charge in [-0.3, -0.25) is 0 Å². The molecule has 1 atom stereocenters. The highest BCUT2D eigenvalue weighted by Gasteiger charge is 3.00. The van der Waals surface area contributed by atoms with Gasteiger partial charge < -0.3 is 14.6 Å². The maximum atomic E-state index is 13.8. The van der Waals surface area contributed by atoms with Gasteiger partial charge in [-0.2, -0.15) is 96.6 Å². The maximum absolute atomic E-state index is 13.8. The van der Waals surface area contributed by atoms with Crippen molar-refractivity contribution in [2.75, 3.05) is 13.2 Å². The zero-order valence-corrected chi connectivity index (χ0v) is 20.6. The number of aliphatic hydroxyl groups excluding tert-OH is 1. The Morgan fingerprint density at radius 2 is 0.867 bits per heavy atom. The molecule has 0 fully saturated rings. The molecule has 1 N–H and O–H groups in total. The van der Waals surface area contributed by atoms with Gasteiger partial charge in [0, 0.05) is 5.57 Å². The predicted octanol–water partition coefficient (Wildman–Crippen LogP) is 7.36. The number of carbonyl (C=O) groups excluding carboxylic acids is 1. The van der Waals surface area contributed by atoms with Crippen molar-refractivity contribution >= 4 is 5.97 Å². The first kappa shape index (κ1) is 42.5. The second-order valence-corrected chi connectivity index (χ2v) is 8.49. The lowest BCUT2D eigenvalue weighted by Gasteiger charge is -2.45. The summed E-state index contributed by atoms with van der Waals surface area (Å²) in [4.78, 5) is 11.2. The normalized spacial score (nSPS) is 16.5. The summed E-state index contributed by atoms with van der Waals surface area (Å²) in [5.41, 5.74) is -9.76. The van der Waals surface area contributed by atoms with Crippen LogP contribution in [-0.2, 0) is 14.3 Å². The van der Waals surface area contributed by atoms with E-state index in [1.807, 2.05) is 0 Å². The molecule has 0 amide bonds. The van der Waals surface area contributed by atoms with Gasteiger partial charge in [-0.05, 0) is 6.92 Å². The number of hydrogen-bond donors (Lipinski definition) is 1. The van der Waals surface area contributed by atoms with E-state index < -0.39 is 96.4 Å². The first-order valence-electron chi connectivity index (χ1n) is 10.2. The lowest BCUT2D eigenvalue weighted by atomic mass is 9.83. The van der Waals surface area contributed by atoms with Crippen LogP contribution < -0.4 is 0 Å². The van der Waals surface area contributed by atoms with E-state index in [0.717, 1.165) is 6.92 Å². The highest BCUT2D eigenvalue weighted by atomic mass is 19.4. The van der Waals surface area contributed by atoms with Crippen molar-refractivity contribution in [2.45, 2.75) is 78.6 Å². The molecular formula is C18H11F23O4. The number of aliphatic hydroxyl groups is 1. The van der Waals surface area contributed by atoms with E-state index in [-0.39, 0.29) is 0 Å². The van der Waals surface area contributed by atoms with Gasteiger partial charge >= 0.3 is 71.6 Å². The minimum atomic E-state index is -9.57. The zero-order chi connectivity index (χ0) is 37.1. The van der Waals surface area contributed by atoms with Crippen molar-refractivity contribution in [2.24, 2.45) is 0 Å². The molecule has 4 nitrogen and oxygen atoms in total. The minimum Gasteiger partial charge on any atom is -0.454 e. The standard InChI is InChI=1S/C18H11F23O4/c1-5(2)7(43)45-6(3-42)4-44-18(40,41)15(32,33)14(30,31)13(28,29)12(26,27)11(24,25)10(22,23)9(20,21)8(19,16(34,35)36)17(37,38)39/h6,42H,1,3-4H2,2H3.